The molecule has 0 saturated heterocycles. The summed E-state index contributed by atoms with van der Waals surface area (Å²) in [5.74, 6) is 1.27. The van der Waals surface area contributed by atoms with Crippen molar-refractivity contribution in [3.63, 3.8) is 0 Å². The fourth-order valence-electron chi connectivity index (χ4n) is 3.99. The highest BCUT2D eigenvalue weighted by Gasteiger charge is 2.30. The number of ketones is 1. The van der Waals surface area contributed by atoms with Gasteiger partial charge < -0.3 is 9.30 Å². The lowest BCUT2D eigenvalue weighted by atomic mass is 10.2. The molecule has 0 amide bonds. The van der Waals surface area contributed by atoms with E-state index in [1.165, 1.54) is 11.8 Å². The first-order chi connectivity index (χ1) is 14.5. The average Bonchev–Trinajstić information content (AvgIpc) is 3.42. The molecule has 1 fully saturated rings. The molecule has 1 atom stereocenters. The maximum Gasteiger partial charge on any atom is 0.192 e. The molecule has 30 heavy (non-hydrogen) atoms. The number of rotatable bonds is 9. The highest BCUT2D eigenvalue weighted by atomic mass is 32.2. The normalized spacial score (nSPS) is 14.8. The number of Topliss-reactive ketones (excluding diaryl/α,β-unsaturated/α-hetero) is 1. The molecule has 158 valence electrons. The third kappa shape index (κ3) is 4.06. The summed E-state index contributed by atoms with van der Waals surface area (Å²) in [6.07, 6.45) is 5.79. The van der Waals surface area contributed by atoms with Crippen molar-refractivity contribution in [3.8, 4) is 11.4 Å². The van der Waals surface area contributed by atoms with Gasteiger partial charge in [0, 0.05) is 48.1 Å². The first-order valence-corrected chi connectivity index (χ1v) is 11.2. The molecule has 7 nitrogen and oxygen atoms in total. The summed E-state index contributed by atoms with van der Waals surface area (Å²) < 4.78 is 9.63. The van der Waals surface area contributed by atoms with Gasteiger partial charge in [-0.05, 0) is 51.8 Å². The number of hydrogen-bond acceptors (Lipinski definition) is 6. The zero-order chi connectivity index (χ0) is 21.3. The van der Waals surface area contributed by atoms with E-state index in [1.807, 2.05) is 32.0 Å². The first kappa shape index (κ1) is 20.8. The van der Waals surface area contributed by atoms with Crippen molar-refractivity contribution in [2.75, 3.05) is 19.5 Å². The van der Waals surface area contributed by atoms with Crippen LogP contribution >= 0.6 is 11.8 Å². The number of thioether (sulfide) groups is 1. The number of ether oxygens (including phenoxy) is 1. The zero-order valence-corrected chi connectivity index (χ0v) is 18.6. The topological polar surface area (TPSA) is 74.8 Å². The van der Waals surface area contributed by atoms with E-state index in [4.69, 9.17) is 4.74 Å². The van der Waals surface area contributed by atoms with Crippen LogP contribution in [0.1, 0.15) is 53.6 Å². The molecule has 0 bridgehead atoms. The number of carbonyl (C=O) groups is 1. The van der Waals surface area contributed by atoms with Crippen molar-refractivity contribution in [3.05, 3.63) is 47.5 Å². The summed E-state index contributed by atoms with van der Waals surface area (Å²) >= 11 is 1.46. The Balaban J connectivity index is 1.53. The van der Waals surface area contributed by atoms with Crippen LogP contribution in [0.15, 0.2) is 35.7 Å². The third-order valence-corrected chi connectivity index (χ3v) is 6.41. The molecule has 0 aliphatic heterocycles. The minimum Gasteiger partial charge on any atom is -0.383 e. The number of methoxy groups -OCH3 is 1. The van der Waals surface area contributed by atoms with Gasteiger partial charge in [0.05, 0.1) is 18.4 Å². The Hall–Kier alpha value is -2.45. The quantitative estimate of drug-likeness (QED) is 0.376. The number of aryl methyl sites for hydroxylation is 1. The predicted molar refractivity (Wildman–Crippen MR) is 117 cm³/mol. The van der Waals surface area contributed by atoms with E-state index in [0.717, 1.165) is 46.3 Å². The van der Waals surface area contributed by atoms with Gasteiger partial charge in [-0.25, -0.2) is 0 Å². The van der Waals surface area contributed by atoms with Gasteiger partial charge in [0.1, 0.15) is 0 Å². The van der Waals surface area contributed by atoms with Crippen LogP contribution in [0.3, 0.4) is 0 Å². The van der Waals surface area contributed by atoms with Gasteiger partial charge in [-0.3, -0.25) is 14.3 Å². The Kier molecular flexibility index (Phi) is 6.06. The monoisotopic (exact) mass is 425 g/mol. The lowest BCUT2D eigenvalue weighted by molar-refractivity contribution is 0.102. The van der Waals surface area contributed by atoms with Gasteiger partial charge >= 0.3 is 0 Å². The van der Waals surface area contributed by atoms with Crippen LogP contribution in [-0.2, 0) is 4.74 Å². The van der Waals surface area contributed by atoms with E-state index in [2.05, 4.69) is 31.2 Å². The molecular formula is C22H27N5O2S. The smallest absolute Gasteiger partial charge is 0.192 e. The largest absolute Gasteiger partial charge is 0.383 e. The minimum absolute atomic E-state index is 0.109. The molecule has 3 aromatic rings. The number of hydrogen-bond donors (Lipinski definition) is 0. The summed E-state index contributed by atoms with van der Waals surface area (Å²) in [5, 5.41) is 9.59. The molecule has 1 aliphatic carbocycles. The molecule has 8 heteroatoms. The standard InChI is InChI=1S/C22H27N5O2S/c1-14-10-19(16(3)26(14)15(2)12-29-4)20(28)13-30-22-25-24-21(27(22)18-7-8-18)17-6-5-9-23-11-17/h5-6,9-11,15,18H,7-8,12-13H2,1-4H3. The molecule has 1 saturated carbocycles. The van der Waals surface area contributed by atoms with Gasteiger partial charge in [-0.15, -0.1) is 10.2 Å². The molecule has 1 unspecified atom stereocenters. The summed E-state index contributed by atoms with van der Waals surface area (Å²) in [6.45, 7) is 6.75. The van der Waals surface area contributed by atoms with Crippen LogP contribution < -0.4 is 0 Å². The Morgan fingerprint density at radius 2 is 2.13 bits per heavy atom. The van der Waals surface area contributed by atoms with Crippen molar-refractivity contribution < 1.29 is 9.53 Å². The highest BCUT2D eigenvalue weighted by molar-refractivity contribution is 7.99. The molecule has 1 aliphatic rings. The van der Waals surface area contributed by atoms with Crippen molar-refractivity contribution in [2.24, 2.45) is 0 Å². The minimum atomic E-state index is 0.109. The molecule has 0 radical (unpaired) electrons. The van der Waals surface area contributed by atoms with Crippen molar-refractivity contribution in [1.29, 1.82) is 0 Å². The number of aromatic nitrogens is 5. The van der Waals surface area contributed by atoms with E-state index in [1.54, 1.807) is 19.5 Å². The fourth-order valence-corrected chi connectivity index (χ4v) is 4.88. The summed E-state index contributed by atoms with van der Waals surface area (Å²) in [5.41, 5.74) is 3.78. The number of carbonyl (C=O) groups excluding carboxylic acids is 1. The van der Waals surface area contributed by atoms with Gasteiger partial charge in [0.2, 0.25) is 0 Å². The van der Waals surface area contributed by atoms with Gasteiger partial charge in [-0.1, -0.05) is 11.8 Å². The average molecular weight is 426 g/mol. The lowest BCUT2D eigenvalue weighted by Gasteiger charge is -2.17. The summed E-state index contributed by atoms with van der Waals surface area (Å²) in [4.78, 5) is 17.2. The molecule has 0 N–H and O–H groups in total. The molecule has 4 rings (SSSR count). The van der Waals surface area contributed by atoms with E-state index in [0.29, 0.717) is 18.4 Å². The number of pyridine rings is 1. The van der Waals surface area contributed by atoms with Crippen LogP contribution in [-0.4, -0.2) is 49.6 Å². The Labute approximate surface area is 180 Å². The van der Waals surface area contributed by atoms with Gasteiger partial charge in [0.15, 0.2) is 16.8 Å². The van der Waals surface area contributed by atoms with Crippen LogP contribution in [0, 0.1) is 13.8 Å². The van der Waals surface area contributed by atoms with E-state index >= 15 is 0 Å². The Morgan fingerprint density at radius 1 is 1.33 bits per heavy atom. The van der Waals surface area contributed by atoms with Crippen LogP contribution in [0.4, 0.5) is 0 Å². The zero-order valence-electron chi connectivity index (χ0n) is 17.8. The second-order valence-electron chi connectivity index (χ2n) is 7.82. The first-order valence-electron chi connectivity index (χ1n) is 10.2. The molecule has 0 spiro atoms. The summed E-state index contributed by atoms with van der Waals surface area (Å²) in [7, 11) is 1.70. The SMILES string of the molecule is COCC(C)n1c(C)cc(C(=O)CSc2nnc(-c3cccnc3)n2C2CC2)c1C. The van der Waals surface area contributed by atoms with Crippen molar-refractivity contribution in [2.45, 2.75) is 50.9 Å². The predicted octanol–water partition coefficient (Wildman–Crippen LogP) is 4.28. The van der Waals surface area contributed by atoms with Crippen molar-refractivity contribution >= 4 is 17.5 Å². The Morgan fingerprint density at radius 3 is 2.80 bits per heavy atom. The van der Waals surface area contributed by atoms with E-state index < -0.39 is 0 Å². The maximum absolute atomic E-state index is 13.0. The van der Waals surface area contributed by atoms with Gasteiger partial charge in [0.25, 0.3) is 0 Å². The van der Waals surface area contributed by atoms with Gasteiger partial charge in [-0.2, -0.15) is 0 Å². The van der Waals surface area contributed by atoms with Crippen molar-refractivity contribution in [1.82, 2.24) is 24.3 Å². The summed E-state index contributed by atoms with van der Waals surface area (Å²) in [6, 6.07) is 6.47. The Bertz CT molecular complexity index is 1040. The molecule has 3 heterocycles. The molecular weight excluding hydrogens is 398 g/mol. The molecule has 3 aromatic heterocycles. The van der Waals surface area contributed by atoms with Crippen LogP contribution in [0.2, 0.25) is 0 Å². The van der Waals surface area contributed by atoms with Crippen LogP contribution in [0.25, 0.3) is 11.4 Å². The molecule has 0 aromatic carbocycles. The number of nitrogens with zero attached hydrogens (tertiary/aromatic N) is 5. The second-order valence-corrected chi connectivity index (χ2v) is 8.76. The second kappa shape index (κ2) is 8.73. The van der Waals surface area contributed by atoms with E-state index in [9.17, 15) is 4.79 Å². The third-order valence-electron chi connectivity index (χ3n) is 5.46. The fraction of sp³-hybridized carbons (Fsp3) is 0.455. The maximum atomic E-state index is 13.0. The van der Waals surface area contributed by atoms with Crippen LogP contribution in [0.5, 0.6) is 0 Å². The highest BCUT2D eigenvalue weighted by Crippen LogP contribution is 2.41. The van der Waals surface area contributed by atoms with E-state index in [-0.39, 0.29) is 11.8 Å². The lowest BCUT2D eigenvalue weighted by Crippen LogP contribution is -2.14.